The summed E-state index contributed by atoms with van der Waals surface area (Å²) in [5.41, 5.74) is 9.67. The summed E-state index contributed by atoms with van der Waals surface area (Å²) in [7, 11) is 0. The molecule has 4 N–H and O–H groups in total. The van der Waals surface area contributed by atoms with Gasteiger partial charge in [0.05, 0.1) is 10.9 Å². The second-order valence-electron chi connectivity index (χ2n) is 8.04. The molecule has 0 aliphatic carbocycles. The van der Waals surface area contributed by atoms with Crippen molar-refractivity contribution in [2.45, 2.75) is 63.0 Å². The number of nitrogens with zero attached hydrogens (tertiary/aromatic N) is 2. The van der Waals surface area contributed by atoms with Crippen LogP contribution < -0.4 is 16.5 Å². The molecule has 1 aliphatic rings. The van der Waals surface area contributed by atoms with Gasteiger partial charge in [-0.15, -0.1) is 11.6 Å². The highest BCUT2D eigenvalue weighted by Gasteiger charge is 2.32. The molecular weight excluding hydrogens is 410 g/mol. The fourth-order valence-corrected chi connectivity index (χ4v) is 2.99. The summed E-state index contributed by atoms with van der Waals surface area (Å²) in [5, 5.41) is 3.98. The molecule has 0 unspecified atom stereocenters. The van der Waals surface area contributed by atoms with E-state index in [1.807, 2.05) is 6.07 Å². The smallest absolute Gasteiger partial charge is 0.325 e. The average molecular weight is 440 g/mol. The standard InChI is InChI=1S/C20H30ClN5O4/c1-13(24-17(27)15(22)10-14-6-4-8-23-11-14)18(28)26-9-5-7-16(25-26)19(29)30-12-20(2,3)21/h4,6,8,11,13,15-16,25H,5,7,9-10,12,22H2,1-3H3,(H,24,27)/t13-,15-,16-/m0/s1. The lowest BCUT2D eigenvalue weighted by Gasteiger charge is -2.34. The van der Waals surface area contributed by atoms with E-state index in [0.29, 0.717) is 25.8 Å². The zero-order valence-corrected chi connectivity index (χ0v) is 18.3. The van der Waals surface area contributed by atoms with Crippen molar-refractivity contribution in [1.82, 2.24) is 20.7 Å². The molecule has 0 radical (unpaired) electrons. The normalized spacial score (nSPS) is 19.0. The molecule has 9 nitrogen and oxygen atoms in total. The summed E-state index contributed by atoms with van der Waals surface area (Å²) in [6, 6.07) is 1.35. The van der Waals surface area contributed by atoms with E-state index in [0.717, 1.165) is 5.56 Å². The molecular formula is C20H30ClN5O4. The lowest BCUT2D eigenvalue weighted by Crippen LogP contribution is -2.60. The van der Waals surface area contributed by atoms with E-state index in [4.69, 9.17) is 22.1 Å². The van der Waals surface area contributed by atoms with Crippen LogP contribution in [0.1, 0.15) is 39.2 Å². The zero-order chi connectivity index (χ0) is 22.3. The number of carbonyl (C=O) groups is 3. The third-order valence-electron chi connectivity index (χ3n) is 4.54. The van der Waals surface area contributed by atoms with Crippen molar-refractivity contribution in [1.29, 1.82) is 0 Å². The molecule has 0 saturated carbocycles. The SMILES string of the molecule is C[C@H](NC(=O)[C@@H](N)Cc1cccnc1)C(=O)N1CCC[C@@H](C(=O)OCC(C)(C)Cl)N1. The quantitative estimate of drug-likeness (QED) is 0.398. The number of carbonyl (C=O) groups excluding carboxylic acids is 3. The number of rotatable bonds is 8. The van der Waals surface area contributed by atoms with Crippen LogP contribution in [0.5, 0.6) is 0 Å². The van der Waals surface area contributed by atoms with Crippen molar-refractivity contribution in [2.75, 3.05) is 13.2 Å². The van der Waals surface area contributed by atoms with Crippen LogP contribution in [0.4, 0.5) is 0 Å². The summed E-state index contributed by atoms with van der Waals surface area (Å²) >= 11 is 6.05. The summed E-state index contributed by atoms with van der Waals surface area (Å²) in [5.74, 6) is -1.25. The second kappa shape index (κ2) is 10.7. The van der Waals surface area contributed by atoms with Crippen LogP contribution in [0.2, 0.25) is 0 Å². The van der Waals surface area contributed by atoms with E-state index in [2.05, 4.69) is 15.7 Å². The van der Waals surface area contributed by atoms with Gasteiger partial charge in [0, 0.05) is 18.9 Å². The van der Waals surface area contributed by atoms with Gasteiger partial charge in [-0.2, -0.15) is 0 Å². The molecule has 0 bridgehead atoms. The first kappa shape index (κ1) is 24.0. The fraction of sp³-hybridized carbons (Fsp3) is 0.600. The van der Waals surface area contributed by atoms with E-state index in [9.17, 15) is 14.4 Å². The topological polar surface area (TPSA) is 127 Å². The van der Waals surface area contributed by atoms with Crippen LogP contribution >= 0.6 is 11.6 Å². The minimum Gasteiger partial charge on any atom is -0.463 e. The van der Waals surface area contributed by atoms with Crippen molar-refractivity contribution in [2.24, 2.45) is 5.73 Å². The van der Waals surface area contributed by atoms with Crippen molar-refractivity contribution in [3.05, 3.63) is 30.1 Å². The van der Waals surface area contributed by atoms with Crippen molar-refractivity contribution >= 4 is 29.4 Å². The van der Waals surface area contributed by atoms with Gasteiger partial charge < -0.3 is 15.8 Å². The molecule has 2 amide bonds. The van der Waals surface area contributed by atoms with E-state index in [1.54, 1.807) is 39.2 Å². The maximum Gasteiger partial charge on any atom is 0.325 e. The number of halogens is 1. The van der Waals surface area contributed by atoms with Gasteiger partial charge in [-0.05, 0) is 51.7 Å². The monoisotopic (exact) mass is 439 g/mol. The minimum absolute atomic E-state index is 0.0702. The number of aromatic nitrogens is 1. The number of nitrogens with two attached hydrogens (primary N) is 1. The molecule has 10 heteroatoms. The maximum atomic E-state index is 12.7. The van der Waals surface area contributed by atoms with Crippen LogP contribution in [0, 0.1) is 0 Å². The number of hydrogen-bond donors (Lipinski definition) is 3. The van der Waals surface area contributed by atoms with Gasteiger partial charge in [0.1, 0.15) is 18.7 Å². The molecule has 0 spiro atoms. The highest BCUT2D eigenvalue weighted by molar-refractivity contribution is 6.23. The molecule has 2 heterocycles. The van der Waals surface area contributed by atoms with Gasteiger partial charge in [0.15, 0.2) is 0 Å². The van der Waals surface area contributed by atoms with Gasteiger partial charge in [-0.25, -0.2) is 5.43 Å². The lowest BCUT2D eigenvalue weighted by molar-refractivity contribution is -0.153. The van der Waals surface area contributed by atoms with Crippen molar-refractivity contribution in [3.63, 3.8) is 0 Å². The van der Waals surface area contributed by atoms with E-state index >= 15 is 0 Å². The van der Waals surface area contributed by atoms with Gasteiger partial charge in [0.25, 0.3) is 5.91 Å². The first-order valence-corrected chi connectivity index (χ1v) is 10.3. The Morgan fingerprint density at radius 1 is 1.47 bits per heavy atom. The predicted molar refractivity (Wildman–Crippen MR) is 112 cm³/mol. The van der Waals surface area contributed by atoms with Gasteiger partial charge in [-0.3, -0.25) is 24.4 Å². The van der Waals surface area contributed by atoms with Crippen LogP contribution in [-0.4, -0.2) is 63.9 Å². The molecule has 0 aromatic carbocycles. The first-order chi connectivity index (χ1) is 14.1. The number of alkyl halides is 1. The van der Waals surface area contributed by atoms with Crippen LogP contribution in [0.3, 0.4) is 0 Å². The molecule has 1 fully saturated rings. The third kappa shape index (κ3) is 7.55. The van der Waals surface area contributed by atoms with Gasteiger partial charge in [0.2, 0.25) is 5.91 Å². The largest absolute Gasteiger partial charge is 0.463 e. The molecule has 1 saturated heterocycles. The maximum absolute atomic E-state index is 12.7. The minimum atomic E-state index is -0.805. The number of ether oxygens (including phenoxy) is 1. The third-order valence-corrected chi connectivity index (χ3v) is 4.65. The highest BCUT2D eigenvalue weighted by Crippen LogP contribution is 2.15. The number of pyridine rings is 1. The Morgan fingerprint density at radius 2 is 2.20 bits per heavy atom. The summed E-state index contributed by atoms with van der Waals surface area (Å²) in [4.78, 5) is 40.7. The zero-order valence-electron chi connectivity index (χ0n) is 17.6. The molecule has 1 aliphatic heterocycles. The predicted octanol–water partition coefficient (Wildman–Crippen LogP) is 0.512. The number of amides is 2. The molecule has 1 aromatic rings. The lowest BCUT2D eigenvalue weighted by atomic mass is 10.1. The summed E-state index contributed by atoms with van der Waals surface area (Å²) in [6.07, 6.45) is 4.77. The van der Waals surface area contributed by atoms with Gasteiger partial charge in [-0.1, -0.05) is 6.07 Å². The molecule has 1 aromatic heterocycles. The average Bonchev–Trinajstić information content (AvgIpc) is 2.71. The Kier molecular flexibility index (Phi) is 8.57. The fourth-order valence-electron chi connectivity index (χ4n) is 2.94. The Bertz CT molecular complexity index is 740. The molecule has 166 valence electrons. The number of esters is 1. The Hall–Kier alpha value is -2.23. The van der Waals surface area contributed by atoms with Crippen LogP contribution in [-0.2, 0) is 25.5 Å². The van der Waals surface area contributed by atoms with E-state index < -0.39 is 34.9 Å². The van der Waals surface area contributed by atoms with Crippen LogP contribution in [0.15, 0.2) is 24.5 Å². The van der Waals surface area contributed by atoms with Crippen molar-refractivity contribution in [3.8, 4) is 0 Å². The Balaban J connectivity index is 1.85. The van der Waals surface area contributed by atoms with E-state index in [1.165, 1.54) is 5.01 Å². The molecule has 3 atom stereocenters. The molecule has 2 rings (SSSR count). The number of nitrogens with one attached hydrogen (secondary N) is 2. The highest BCUT2D eigenvalue weighted by atomic mass is 35.5. The number of hydrogen-bond acceptors (Lipinski definition) is 7. The van der Waals surface area contributed by atoms with Gasteiger partial charge >= 0.3 is 5.97 Å². The van der Waals surface area contributed by atoms with Crippen LogP contribution in [0.25, 0.3) is 0 Å². The summed E-state index contributed by atoms with van der Waals surface area (Å²) < 4.78 is 5.22. The first-order valence-electron chi connectivity index (χ1n) is 9.95. The van der Waals surface area contributed by atoms with E-state index in [-0.39, 0.29) is 12.5 Å². The number of hydrazine groups is 1. The summed E-state index contributed by atoms with van der Waals surface area (Å²) in [6.45, 7) is 5.56. The Morgan fingerprint density at radius 3 is 2.83 bits per heavy atom. The Labute approximate surface area is 181 Å². The van der Waals surface area contributed by atoms with Crippen molar-refractivity contribution < 1.29 is 19.1 Å². The molecule has 30 heavy (non-hydrogen) atoms. The second-order valence-corrected chi connectivity index (χ2v) is 9.07.